The van der Waals surface area contributed by atoms with Crippen molar-refractivity contribution in [2.45, 2.75) is 78.1 Å². The highest BCUT2D eigenvalue weighted by Gasteiger charge is 2.26. The van der Waals surface area contributed by atoms with Crippen LogP contribution in [0.3, 0.4) is 0 Å². The average Bonchev–Trinajstić information content (AvgIpc) is 2.86. The van der Waals surface area contributed by atoms with E-state index in [9.17, 15) is 9.18 Å². The highest BCUT2D eigenvalue weighted by atomic mass is 19.1. The van der Waals surface area contributed by atoms with Crippen LogP contribution in [0.4, 0.5) is 4.39 Å². The zero-order chi connectivity index (χ0) is 25.6. The standard InChI is InChI=1S/C31H40FNO2/c1-7-30(3,4)22-15-18-28(26(21-22)31(5,6)8-2)35-20-12-11-19-33-29(34)25-16-17-27(32)24-14-10-9-13-23(24)25/h9-10,13-18,21H,7-8,11-12,19-20H2,1-6H3,(H,33,34). The van der Waals surface area contributed by atoms with Gasteiger partial charge >= 0.3 is 0 Å². The number of fused-ring (bicyclic) bond motifs is 1. The molecule has 3 aromatic rings. The van der Waals surface area contributed by atoms with E-state index in [0.717, 1.165) is 31.4 Å². The first-order valence-corrected chi connectivity index (χ1v) is 12.8. The normalized spacial score (nSPS) is 12.1. The van der Waals surface area contributed by atoms with E-state index in [0.29, 0.717) is 29.5 Å². The molecule has 0 aliphatic heterocycles. The summed E-state index contributed by atoms with van der Waals surface area (Å²) in [5.74, 6) is 0.462. The van der Waals surface area contributed by atoms with Crippen molar-refractivity contribution in [3.8, 4) is 5.75 Å². The Morgan fingerprint density at radius 3 is 2.26 bits per heavy atom. The van der Waals surface area contributed by atoms with Gasteiger partial charge < -0.3 is 10.1 Å². The molecule has 4 heteroatoms. The zero-order valence-corrected chi connectivity index (χ0v) is 22.1. The monoisotopic (exact) mass is 477 g/mol. The van der Waals surface area contributed by atoms with Crippen LogP contribution in [-0.2, 0) is 10.8 Å². The molecule has 3 nitrogen and oxygen atoms in total. The van der Waals surface area contributed by atoms with Crippen molar-refractivity contribution in [1.82, 2.24) is 5.32 Å². The molecule has 188 valence electrons. The number of hydrogen-bond acceptors (Lipinski definition) is 2. The van der Waals surface area contributed by atoms with Crippen LogP contribution >= 0.6 is 0 Å². The molecule has 3 rings (SSSR count). The lowest BCUT2D eigenvalue weighted by Crippen LogP contribution is -2.25. The number of rotatable bonds is 11. The van der Waals surface area contributed by atoms with Gasteiger partial charge in [0, 0.05) is 23.1 Å². The Hall–Kier alpha value is -2.88. The van der Waals surface area contributed by atoms with E-state index >= 15 is 0 Å². The van der Waals surface area contributed by atoms with Gasteiger partial charge in [-0.25, -0.2) is 4.39 Å². The van der Waals surface area contributed by atoms with E-state index in [-0.39, 0.29) is 22.6 Å². The molecule has 0 spiro atoms. The fourth-order valence-corrected chi connectivity index (χ4v) is 4.17. The molecule has 1 amide bonds. The SMILES string of the molecule is CCC(C)(C)c1ccc(OCCCCNC(=O)c2ccc(F)c3ccccc23)c(C(C)(C)CC)c1. The number of ether oxygens (including phenoxy) is 1. The second kappa shape index (κ2) is 11.2. The summed E-state index contributed by atoms with van der Waals surface area (Å²) in [5, 5.41) is 4.07. The van der Waals surface area contributed by atoms with Gasteiger partial charge in [-0.2, -0.15) is 0 Å². The fraction of sp³-hybridized carbons (Fsp3) is 0.452. The topological polar surface area (TPSA) is 38.3 Å². The van der Waals surface area contributed by atoms with Gasteiger partial charge in [0.25, 0.3) is 5.91 Å². The van der Waals surface area contributed by atoms with E-state index in [1.807, 2.05) is 6.07 Å². The third kappa shape index (κ3) is 6.22. The fourth-order valence-electron chi connectivity index (χ4n) is 4.17. The first-order valence-electron chi connectivity index (χ1n) is 12.8. The van der Waals surface area contributed by atoms with E-state index < -0.39 is 0 Å². The Kier molecular flexibility index (Phi) is 8.58. The minimum absolute atomic E-state index is 0.0288. The molecule has 0 saturated heterocycles. The summed E-state index contributed by atoms with van der Waals surface area (Å²) in [6.45, 7) is 14.7. The van der Waals surface area contributed by atoms with Crippen molar-refractivity contribution < 1.29 is 13.9 Å². The molecule has 0 fully saturated rings. The average molecular weight is 478 g/mol. The molecular weight excluding hydrogens is 437 g/mol. The summed E-state index contributed by atoms with van der Waals surface area (Å²) in [7, 11) is 0. The van der Waals surface area contributed by atoms with Crippen LogP contribution in [-0.4, -0.2) is 19.1 Å². The lowest BCUT2D eigenvalue weighted by atomic mass is 9.76. The predicted molar refractivity (Wildman–Crippen MR) is 144 cm³/mol. The molecular formula is C31H40FNO2. The number of halogens is 1. The van der Waals surface area contributed by atoms with Crippen LogP contribution in [0.5, 0.6) is 5.75 Å². The number of hydrogen-bond donors (Lipinski definition) is 1. The molecule has 0 atom stereocenters. The molecule has 3 aromatic carbocycles. The summed E-state index contributed by atoms with van der Waals surface area (Å²) in [5.41, 5.74) is 3.27. The molecule has 0 heterocycles. The van der Waals surface area contributed by atoms with E-state index in [1.165, 1.54) is 17.2 Å². The molecule has 0 aliphatic rings. The van der Waals surface area contributed by atoms with Gasteiger partial charge in [0.2, 0.25) is 0 Å². The van der Waals surface area contributed by atoms with E-state index in [1.54, 1.807) is 24.3 Å². The van der Waals surface area contributed by atoms with Crippen LogP contribution in [0, 0.1) is 5.82 Å². The quantitative estimate of drug-likeness (QED) is 0.285. The first-order chi connectivity index (χ1) is 16.6. The summed E-state index contributed by atoms with van der Waals surface area (Å²) in [6.07, 6.45) is 3.75. The highest BCUT2D eigenvalue weighted by molar-refractivity contribution is 6.07. The summed E-state index contributed by atoms with van der Waals surface area (Å²) in [6, 6.07) is 16.6. The molecule has 0 aromatic heterocycles. The third-order valence-electron chi connectivity index (χ3n) is 7.49. The number of nitrogens with one attached hydrogen (secondary N) is 1. The minimum atomic E-state index is -0.314. The zero-order valence-electron chi connectivity index (χ0n) is 22.1. The maximum Gasteiger partial charge on any atom is 0.251 e. The van der Waals surface area contributed by atoms with Gasteiger partial charge in [-0.05, 0) is 65.7 Å². The molecule has 1 N–H and O–H groups in total. The molecule has 0 unspecified atom stereocenters. The van der Waals surface area contributed by atoms with Gasteiger partial charge in [-0.1, -0.05) is 77.9 Å². The number of unbranched alkanes of at least 4 members (excludes halogenated alkanes) is 1. The maximum absolute atomic E-state index is 14.0. The Bertz CT molecular complexity index is 1170. The van der Waals surface area contributed by atoms with Crippen LogP contribution in [0.2, 0.25) is 0 Å². The van der Waals surface area contributed by atoms with Crippen LogP contribution in [0.25, 0.3) is 10.8 Å². The molecule has 0 bridgehead atoms. The van der Waals surface area contributed by atoms with Crippen molar-refractivity contribution in [1.29, 1.82) is 0 Å². The maximum atomic E-state index is 14.0. The second-order valence-corrected chi connectivity index (χ2v) is 10.6. The van der Waals surface area contributed by atoms with Crippen LogP contribution in [0.15, 0.2) is 54.6 Å². The number of benzene rings is 3. The summed E-state index contributed by atoms with van der Waals surface area (Å²) >= 11 is 0. The molecule has 35 heavy (non-hydrogen) atoms. The molecule has 0 saturated carbocycles. The Morgan fingerprint density at radius 1 is 0.886 bits per heavy atom. The lowest BCUT2D eigenvalue weighted by Gasteiger charge is -2.30. The van der Waals surface area contributed by atoms with Crippen molar-refractivity contribution in [2.75, 3.05) is 13.2 Å². The van der Waals surface area contributed by atoms with E-state index in [4.69, 9.17) is 4.74 Å². The van der Waals surface area contributed by atoms with Gasteiger partial charge in [0.1, 0.15) is 11.6 Å². The van der Waals surface area contributed by atoms with Crippen molar-refractivity contribution in [3.63, 3.8) is 0 Å². The molecule has 0 radical (unpaired) electrons. The minimum Gasteiger partial charge on any atom is -0.493 e. The molecule has 0 aliphatic carbocycles. The van der Waals surface area contributed by atoms with Gasteiger partial charge in [-0.3, -0.25) is 4.79 Å². The summed E-state index contributed by atoms with van der Waals surface area (Å²) in [4.78, 5) is 12.7. The Balaban J connectivity index is 1.57. The van der Waals surface area contributed by atoms with Crippen molar-refractivity contribution >= 4 is 16.7 Å². The number of amides is 1. The largest absolute Gasteiger partial charge is 0.493 e. The van der Waals surface area contributed by atoms with Crippen molar-refractivity contribution in [3.05, 3.63) is 77.1 Å². The second-order valence-electron chi connectivity index (χ2n) is 10.6. The summed E-state index contributed by atoms with van der Waals surface area (Å²) < 4.78 is 20.3. The smallest absolute Gasteiger partial charge is 0.251 e. The van der Waals surface area contributed by atoms with Crippen LogP contribution in [0.1, 0.15) is 88.7 Å². The highest BCUT2D eigenvalue weighted by Crippen LogP contribution is 2.38. The number of carbonyl (C=O) groups excluding carboxylic acids is 1. The van der Waals surface area contributed by atoms with Crippen LogP contribution < -0.4 is 10.1 Å². The predicted octanol–water partition coefficient (Wildman–Crippen LogP) is 7.94. The van der Waals surface area contributed by atoms with Gasteiger partial charge in [0.15, 0.2) is 0 Å². The number of carbonyl (C=O) groups is 1. The first kappa shape index (κ1) is 26.7. The Labute approximate surface area is 210 Å². The van der Waals surface area contributed by atoms with Gasteiger partial charge in [-0.15, -0.1) is 0 Å². The Morgan fingerprint density at radius 2 is 1.57 bits per heavy atom. The third-order valence-corrected chi connectivity index (χ3v) is 7.49. The van der Waals surface area contributed by atoms with E-state index in [2.05, 4.69) is 65.1 Å². The lowest BCUT2D eigenvalue weighted by molar-refractivity contribution is 0.0954. The van der Waals surface area contributed by atoms with Crippen molar-refractivity contribution in [2.24, 2.45) is 0 Å². The van der Waals surface area contributed by atoms with Gasteiger partial charge in [0.05, 0.1) is 6.61 Å².